The molecule has 0 atom stereocenters. The molecule has 0 radical (unpaired) electrons. The Labute approximate surface area is 110 Å². The molecule has 0 saturated heterocycles. The summed E-state index contributed by atoms with van der Waals surface area (Å²) >= 11 is 0. The molecule has 0 unspecified atom stereocenters. The summed E-state index contributed by atoms with van der Waals surface area (Å²) < 4.78 is 5.40. The second-order valence-corrected chi connectivity index (χ2v) is 5.06. The fraction of sp³-hybridized carbons (Fsp3) is 0.267. The van der Waals surface area contributed by atoms with E-state index in [-0.39, 0.29) is 0 Å². The van der Waals surface area contributed by atoms with Crippen LogP contribution in [0.15, 0.2) is 34.9 Å². The lowest BCUT2D eigenvalue weighted by molar-refractivity contribution is 0.423. The summed E-state index contributed by atoms with van der Waals surface area (Å²) in [5.74, 6) is 1.91. The first-order valence-corrected chi connectivity index (χ1v) is 6.51. The molecular weight excluding hydrogens is 238 g/mol. The van der Waals surface area contributed by atoms with Gasteiger partial charge in [0.1, 0.15) is 0 Å². The Balaban J connectivity index is 1.90. The summed E-state index contributed by atoms with van der Waals surface area (Å²) in [5.41, 5.74) is 2.83. The number of benzene rings is 1. The number of hydrogen-bond acceptors (Lipinski definition) is 4. The van der Waals surface area contributed by atoms with Gasteiger partial charge >= 0.3 is 0 Å². The molecule has 1 saturated carbocycles. The molecule has 1 aromatic carbocycles. The third kappa shape index (κ3) is 1.80. The summed E-state index contributed by atoms with van der Waals surface area (Å²) in [6.07, 6.45) is 2.34. The van der Waals surface area contributed by atoms with Gasteiger partial charge in [0, 0.05) is 17.0 Å². The highest BCUT2D eigenvalue weighted by molar-refractivity contribution is 5.91. The van der Waals surface area contributed by atoms with Crippen molar-refractivity contribution in [3.8, 4) is 11.5 Å². The summed E-state index contributed by atoms with van der Waals surface area (Å²) in [6.45, 7) is 1.99. The van der Waals surface area contributed by atoms with Crippen molar-refractivity contribution in [3.05, 3.63) is 41.9 Å². The van der Waals surface area contributed by atoms with Crippen LogP contribution < -0.4 is 0 Å². The topological polar surface area (TPSA) is 51.8 Å². The van der Waals surface area contributed by atoms with Gasteiger partial charge in [0.2, 0.25) is 0 Å². The van der Waals surface area contributed by atoms with Crippen molar-refractivity contribution in [2.75, 3.05) is 0 Å². The van der Waals surface area contributed by atoms with Crippen LogP contribution in [0.5, 0.6) is 0 Å². The normalized spacial score (nSPS) is 15.0. The van der Waals surface area contributed by atoms with Crippen molar-refractivity contribution in [2.45, 2.75) is 25.7 Å². The Bertz CT molecular complexity index is 759. The van der Waals surface area contributed by atoms with Gasteiger partial charge in [-0.05, 0) is 31.9 Å². The van der Waals surface area contributed by atoms with E-state index in [0.717, 1.165) is 28.0 Å². The molecule has 1 aliphatic carbocycles. The summed E-state index contributed by atoms with van der Waals surface area (Å²) in [6, 6.07) is 10.1. The van der Waals surface area contributed by atoms with Crippen LogP contribution in [-0.4, -0.2) is 15.1 Å². The van der Waals surface area contributed by atoms with E-state index in [2.05, 4.69) is 21.2 Å². The first-order chi connectivity index (χ1) is 9.31. The molecule has 19 heavy (non-hydrogen) atoms. The Morgan fingerprint density at radius 1 is 1.11 bits per heavy atom. The van der Waals surface area contributed by atoms with E-state index in [1.54, 1.807) is 0 Å². The highest BCUT2D eigenvalue weighted by atomic mass is 16.5. The molecule has 2 heterocycles. The molecule has 1 fully saturated rings. The number of fused-ring (bicyclic) bond motifs is 1. The lowest BCUT2D eigenvalue weighted by Crippen LogP contribution is -1.88. The monoisotopic (exact) mass is 251 g/mol. The molecule has 0 N–H and O–H groups in total. The number of aromatic nitrogens is 3. The zero-order chi connectivity index (χ0) is 12.8. The third-order valence-corrected chi connectivity index (χ3v) is 3.47. The van der Waals surface area contributed by atoms with Crippen LogP contribution in [0.3, 0.4) is 0 Å². The molecule has 4 heteroatoms. The van der Waals surface area contributed by atoms with Gasteiger partial charge in [-0.3, -0.25) is 4.98 Å². The lowest BCUT2D eigenvalue weighted by Gasteiger charge is -2.02. The molecular formula is C15H13N3O. The smallest absolute Gasteiger partial charge is 0.260 e. The fourth-order valence-electron chi connectivity index (χ4n) is 2.27. The largest absolute Gasteiger partial charge is 0.334 e. The van der Waals surface area contributed by atoms with Crippen LogP contribution in [-0.2, 0) is 0 Å². The van der Waals surface area contributed by atoms with Crippen molar-refractivity contribution >= 4 is 10.9 Å². The zero-order valence-corrected chi connectivity index (χ0v) is 10.6. The van der Waals surface area contributed by atoms with Crippen LogP contribution in [0.25, 0.3) is 22.4 Å². The van der Waals surface area contributed by atoms with E-state index >= 15 is 0 Å². The predicted octanol–water partition coefficient (Wildman–Crippen LogP) is 3.47. The highest BCUT2D eigenvalue weighted by Gasteiger charge is 2.29. The van der Waals surface area contributed by atoms with Crippen molar-refractivity contribution in [3.63, 3.8) is 0 Å². The van der Waals surface area contributed by atoms with E-state index in [0.29, 0.717) is 11.8 Å². The molecule has 0 amide bonds. The maximum Gasteiger partial charge on any atom is 0.260 e. The van der Waals surface area contributed by atoms with Crippen molar-refractivity contribution in [1.29, 1.82) is 0 Å². The van der Waals surface area contributed by atoms with Gasteiger partial charge in [-0.1, -0.05) is 23.4 Å². The Hall–Kier alpha value is -2.23. The first-order valence-electron chi connectivity index (χ1n) is 6.51. The van der Waals surface area contributed by atoms with E-state index in [1.807, 2.05) is 31.2 Å². The fourth-order valence-corrected chi connectivity index (χ4v) is 2.27. The van der Waals surface area contributed by atoms with Gasteiger partial charge in [-0.15, -0.1) is 0 Å². The molecule has 4 nitrogen and oxygen atoms in total. The average Bonchev–Trinajstić information content (AvgIpc) is 3.16. The molecule has 0 bridgehead atoms. The van der Waals surface area contributed by atoms with Gasteiger partial charge in [-0.25, -0.2) is 0 Å². The van der Waals surface area contributed by atoms with Gasteiger partial charge in [0.25, 0.3) is 5.89 Å². The number of para-hydroxylation sites is 1. The van der Waals surface area contributed by atoms with E-state index in [4.69, 9.17) is 4.52 Å². The third-order valence-electron chi connectivity index (χ3n) is 3.47. The average molecular weight is 251 g/mol. The van der Waals surface area contributed by atoms with Crippen LogP contribution >= 0.6 is 0 Å². The minimum Gasteiger partial charge on any atom is -0.334 e. The molecule has 3 aromatic rings. The Morgan fingerprint density at radius 3 is 2.84 bits per heavy atom. The molecule has 1 aliphatic rings. The number of rotatable bonds is 2. The highest BCUT2D eigenvalue weighted by Crippen LogP contribution is 2.39. The second-order valence-electron chi connectivity index (χ2n) is 5.06. The summed E-state index contributed by atoms with van der Waals surface area (Å²) in [7, 11) is 0. The van der Waals surface area contributed by atoms with Crippen LogP contribution in [0, 0.1) is 6.92 Å². The Morgan fingerprint density at radius 2 is 2.00 bits per heavy atom. The zero-order valence-electron chi connectivity index (χ0n) is 10.6. The van der Waals surface area contributed by atoms with E-state index in [9.17, 15) is 0 Å². The van der Waals surface area contributed by atoms with Gasteiger partial charge in [0.15, 0.2) is 5.82 Å². The van der Waals surface area contributed by atoms with Crippen molar-refractivity contribution in [2.24, 2.45) is 0 Å². The van der Waals surface area contributed by atoms with Gasteiger partial charge in [0.05, 0.1) is 11.1 Å². The second kappa shape index (κ2) is 3.88. The summed E-state index contributed by atoms with van der Waals surface area (Å²) in [5, 5.41) is 5.16. The first kappa shape index (κ1) is 10.7. The molecule has 2 aromatic heterocycles. The predicted molar refractivity (Wildman–Crippen MR) is 71.7 cm³/mol. The van der Waals surface area contributed by atoms with Crippen LogP contribution in [0.1, 0.15) is 30.3 Å². The minimum absolute atomic E-state index is 0.502. The standard InChI is InChI=1S/C15H13N3O/c1-9-5-6-10-3-2-4-12(13(10)16-9)15-17-14(18-19-15)11-7-8-11/h2-6,11H,7-8H2,1H3. The van der Waals surface area contributed by atoms with Gasteiger partial charge in [-0.2, -0.15) is 4.98 Å². The number of pyridine rings is 1. The number of nitrogens with zero attached hydrogens (tertiary/aromatic N) is 3. The maximum atomic E-state index is 5.40. The maximum absolute atomic E-state index is 5.40. The SMILES string of the molecule is Cc1ccc2cccc(-c3nc(C4CC4)no3)c2n1. The van der Waals surface area contributed by atoms with E-state index in [1.165, 1.54) is 12.8 Å². The lowest BCUT2D eigenvalue weighted by atomic mass is 10.1. The molecule has 0 spiro atoms. The van der Waals surface area contributed by atoms with Crippen molar-refractivity contribution in [1.82, 2.24) is 15.1 Å². The number of aryl methyl sites for hydroxylation is 1. The van der Waals surface area contributed by atoms with Crippen LogP contribution in [0.4, 0.5) is 0 Å². The van der Waals surface area contributed by atoms with Crippen LogP contribution in [0.2, 0.25) is 0 Å². The molecule has 4 rings (SSSR count). The molecule has 0 aliphatic heterocycles. The Kier molecular flexibility index (Phi) is 2.18. The molecule has 94 valence electrons. The minimum atomic E-state index is 0.502. The van der Waals surface area contributed by atoms with E-state index < -0.39 is 0 Å². The van der Waals surface area contributed by atoms with Gasteiger partial charge < -0.3 is 4.52 Å². The van der Waals surface area contributed by atoms with Crippen molar-refractivity contribution < 1.29 is 4.52 Å². The summed E-state index contributed by atoms with van der Waals surface area (Å²) in [4.78, 5) is 9.10. The quantitative estimate of drug-likeness (QED) is 0.699. The number of hydrogen-bond donors (Lipinski definition) is 0.